The Bertz CT molecular complexity index is 350. The van der Waals surface area contributed by atoms with Crippen LogP contribution in [0.25, 0.3) is 0 Å². The molecule has 0 spiro atoms. The molecule has 80 valence electrons. The van der Waals surface area contributed by atoms with Gasteiger partial charge in [-0.25, -0.2) is 4.79 Å². The molecule has 0 aliphatic rings. The average Bonchev–Trinajstić information content (AvgIpc) is 2.18. The Kier molecular flexibility index (Phi) is 3.82. The zero-order valence-electron chi connectivity index (χ0n) is 7.88. The van der Waals surface area contributed by atoms with Crippen molar-refractivity contribution in [3.63, 3.8) is 0 Å². The molecule has 5 heteroatoms. The number of rotatable bonds is 4. The third-order valence-electron chi connectivity index (χ3n) is 1.72. The Labute approximate surface area is 86.4 Å². The van der Waals surface area contributed by atoms with E-state index in [1.807, 2.05) is 0 Å². The predicted octanol–water partition coefficient (Wildman–Crippen LogP) is 0.461. The number of aliphatic carboxylic acids is 1. The fraction of sp³-hybridized carbons (Fsp3) is 0.200. The normalized spacial score (nSPS) is 11.8. The van der Waals surface area contributed by atoms with Crippen molar-refractivity contribution in [2.45, 2.75) is 12.5 Å². The van der Waals surface area contributed by atoms with Crippen molar-refractivity contribution in [2.75, 3.05) is 5.32 Å². The molecule has 1 atom stereocenters. The summed E-state index contributed by atoms with van der Waals surface area (Å²) in [7, 11) is 0. The van der Waals surface area contributed by atoms with Gasteiger partial charge in [0.25, 0.3) is 0 Å². The lowest BCUT2D eigenvalue weighted by Gasteiger charge is -2.06. The molecule has 15 heavy (non-hydrogen) atoms. The summed E-state index contributed by atoms with van der Waals surface area (Å²) in [4.78, 5) is 21.5. The maximum atomic E-state index is 11.2. The van der Waals surface area contributed by atoms with Gasteiger partial charge in [-0.2, -0.15) is 0 Å². The summed E-state index contributed by atoms with van der Waals surface area (Å²) in [6.07, 6.45) is -2.11. The van der Waals surface area contributed by atoms with Crippen LogP contribution in [0.3, 0.4) is 0 Å². The van der Waals surface area contributed by atoms with Crippen molar-refractivity contribution in [1.29, 1.82) is 0 Å². The van der Waals surface area contributed by atoms with Gasteiger partial charge in [0.1, 0.15) is 0 Å². The Morgan fingerprint density at radius 3 is 2.40 bits per heavy atom. The zero-order chi connectivity index (χ0) is 11.3. The van der Waals surface area contributed by atoms with Crippen LogP contribution in [0.1, 0.15) is 6.42 Å². The van der Waals surface area contributed by atoms with Gasteiger partial charge in [-0.05, 0) is 12.1 Å². The molecule has 0 bridgehead atoms. The number of hydrogen-bond donors (Lipinski definition) is 3. The molecule has 1 rings (SSSR count). The SMILES string of the molecule is O=C(C[C@H](O)C(=O)O)Nc1ccccc1. The largest absolute Gasteiger partial charge is 0.479 e. The van der Waals surface area contributed by atoms with E-state index in [9.17, 15) is 9.59 Å². The van der Waals surface area contributed by atoms with E-state index in [1.54, 1.807) is 30.3 Å². The number of nitrogens with one attached hydrogen (secondary N) is 1. The number of carboxylic acid groups (broad SMARTS) is 1. The number of anilines is 1. The topological polar surface area (TPSA) is 86.6 Å². The lowest BCUT2D eigenvalue weighted by molar-refractivity contribution is -0.148. The fourth-order valence-electron chi connectivity index (χ4n) is 0.996. The van der Waals surface area contributed by atoms with Crippen LogP contribution < -0.4 is 5.32 Å². The van der Waals surface area contributed by atoms with Crippen molar-refractivity contribution in [3.8, 4) is 0 Å². The molecule has 0 aliphatic carbocycles. The molecule has 0 aliphatic heterocycles. The molecular formula is C10H11NO4. The molecule has 1 amide bonds. The summed E-state index contributed by atoms with van der Waals surface area (Å²) < 4.78 is 0. The van der Waals surface area contributed by atoms with Gasteiger partial charge < -0.3 is 15.5 Å². The maximum Gasteiger partial charge on any atom is 0.333 e. The number of carbonyl (C=O) groups excluding carboxylic acids is 1. The Morgan fingerprint density at radius 2 is 1.87 bits per heavy atom. The van der Waals surface area contributed by atoms with Gasteiger partial charge in [0.15, 0.2) is 6.10 Å². The van der Waals surface area contributed by atoms with Crippen molar-refractivity contribution in [1.82, 2.24) is 0 Å². The second kappa shape index (κ2) is 5.11. The van der Waals surface area contributed by atoms with Crippen molar-refractivity contribution >= 4 is 17.6 Å². The highest BCUT2D eigenvalue weighted by atomic mass is 16.4. The van der Waals surface area contributed by atoms with E-state index >= 15 is 0 Å². The second-order valence-corrected chi connectivity index (χ2v) is 2.97. The van der Waals surface area contributed by atoms with Gasteiger partial charge in [0.05, 0.1) is 6.42 Å². The van der Waals surface area contributed by atoms with Crippen molar-refractivity contribution in [3.05, 3.63) is 30.3 Å². The zero-order valence-corrected chi connectivity index (χ0v) is 7.88. The predicted molar refractivity (Wildman–Crippen MR) is 53.3 cm³/mol. The minimum atomic E-state index is -1.66. The van der Waals surface area contributed by atoms with Gasteiger partial charge in [-0.15, -0.1) is 0 Å². The molecule has 0 aromatic heterocycles. The molecule has 0 radical (unpaired) electrons. The smallest absolute Gasteiger partial charge is 0.333 e. The van der Waals surface area contributed by atoms with Crippen molar-refractivity contribution in [2.24, 2.45) is 0 Å². The van der Waals surface area contributed by atoms with Gasteiger partial charge in [0, 0.05) is 5.69 Å². The number of carboxylic acids is 1. The van der Waals surface area contributed by atoms with E-state index in [-0.39, 0.29) is 0 Å². The van der Waals surface area contributed by atoms with Crippen LogP contribution >= 0.6 is 0 Å². The molecule has 5 nitrogen and oxygen atoms in total. The van der Waals surface area contributed by atoms with Crippen LogP contribution in [0, 0.1) is 0 Å². The number of amides is 1. The van der Waals surface area contributed by atoms with Gasteiger partial charge in [-0.1, -0.05) is 18.2 Å². The standard InChI is InChI=1S/C10H11NO4/c12-8(10(14)15)6-9(13)11-7-4-2-1-3-5-7/h1-5,8,12H,6H2,(H,11,13)(H,14,15)/t8-/m0/s1. The highest BCUT2D eigenvalue weighted by Gasteiger charge is 2.17. The van der Waals surface area contributed by atoms with E-state index in [2.05, 4.69) is 5.32 Å². The summed E-state index contributed by atoms with van der Waals surface area (Å²) >= 11 is 0. The lowest BCUT2D eigenvalue weighted by Crippen LogP contribution is -2.26. The van der Waals surface area contributed by atoms with Gasteiger partial charge >= 0.3 is 5.97 Å². The fourth-order valence-corrected chi connectivity index (χ4v) is 0.996. The molecule has 3 N–H and O–H groups in total. The van der Waals surface area contributed by atoms with Crippen LogP contribution in [-0.2, 0) is 9.59 Å². The van der Waals surface area contributed by atoms with E-state index in [0.717, 1.165) is 0 Å². The van der Waals surface area contributed by atoms with Crippen LogP contribution in [0.2, 0.25) is 0 Å². The first-order valence-electron chi connectivity index (χ1n) is 4.35. The molecule has 0 saturated carbocycles. The molecule has 1 aromatic rings. The molecule has 0 fully saturated rings. The van der Waals surface area contributed by atoms with Crippen molar-refractivity contribution < 1.29 is 19.8 Å². The quantitative estimate of drug-likeness (QED) is 0.672. The summed E-state index contributed by atoms with van der Waals surface area (Å²) in [5.74, 6) is -1.94. The van der Waals surface area contributed by atoms with Gasteiger partial charge in [-0.3, -0.25) is 4.79 Å². The highest BCUT2D eigenvalue weighted by Crippen LogP contribution is 2.06. The third kappa shape index (κ3) is 3.78. The molecule has 1 aromatic carbocycles. The summed E-state index contributed by atoms with van der Waals surface area (Å²) in [5.41, 5.74) is 0.570. The molecule has 0 unspecified atom stereocenters. The van der Waals surface area contributed by atoms with E-state index < -0.39 is 24.4 Å². The first-order chi connectivity index (χ1) is 7.09. The van der Waals surface area contributed by atoms with E-state index in [0.29, 0.717) is 5.69 Å². The van der Waals surface area contributed by atoms with Crippen LogP contribution in [0.5, 0.6) is 0 Å². The number of hydrogen-bond acceptors (Lipinski definition) is 3. The van der Waals surface area contributed by atoms with E-state index in [1.165, 1.54) is 0 Å². The third-order valence-corrected chi connectivity index (χ3v) is 1.72. The molecular weight excluding hydrogens is 198 g/mol. The minimum Gasteiger partial charge on any atom is -0.479 e. The number of carbonyl (C=O) groups is 2. The Hall–Kier alpha value is -1.88. The monoisotopic (exact) mass is 209 g/mol. The second-order valence-electron chi connectivity index (χ2n) is 2.97. The Morgan fingerprint density at radius 1 is 1.27 bits per heavy atom. The summed E-state index contributed by atoms with van der Waals surface area (Å²) in [6.45, 7) is 0. The summed E-state index contributed by atoms with van der Waals surface area (Å²) in [6, 6.07) is 8.62. The first kappa shape index (κ1) is 11.2. The number of aliphatic hydroxyl groups excluding tert-OH is 1. The van der Waals surface area contributed by atoms with Crippen LogP contribution in [-0.4, -0.2) is 28.2 Å². The lowest BCUT2D eigenvalue weighted by atomic mass is 10.2. The van der Waals surface area contributed by atoms with E-state index in [4.69, 9.17) is 10.2 Å². The number of para-hydroxylation sites is 1. The van der Waals surface area contributed by atoms with Crippen LogP contribution in [0.4, 0.5) is 5.69 Å². The van der Waals surface area contributed by atoms with Gasteiger partial charge in [0.2, 0.25) is 5.91 Å². The van der Waals surface area contributed by atoms with Crippen LogP contribution in [0.15, 0.2) is 30.3 Å². The molecule has 0 heterocycles. The number of aliphatic hydroxyl groups is 1. The molecule has 0 saturated heterocycles. The Balaban J connectivity index is 2.47. The maximum absolute atomic E-state index is 11.2. The number of benzene rings is 1. The highest BCUT2D eigenvalue weighted by molar-refractivity contribution is 5.93. The summed E-state index contributed by atoms with van der Waals surface area (Å²) in [5, 5.41) is 19.7. The first-order valence-corrected chi connectivity index (χ1v) is 4.35. The average molecular weight is 209 g/mol. The minimum absolute atomic E-state index is 0.454.